The second kappa shape index (κ2) is 6.83. The van der Waals surface area contributed by atoms with E-state index in [0.29, 0.717) is 11.3 Å². The summed E-state index contributed by atoms with van der Waals surface area (Å²) in [6.45, 7) is 4.55. The largest absolute Gasteiger partial charge is 0.385 e. The molecule has 0 aliphatic heterocycles. The van der Waals surface area contributed by atoms with Crippen molar-refractivity contribution >= 4 is 11.6 Å². The molecule has 0 aliphatic rings. The van der Waals surface area contributed by atoms with Crippen LogP contribution in [0.4, 0.5) is 10.1 Å². The maximum Gasteiger partial charge on any atom is 0.270 e. The average Bonchev–Trinajstić information content (AvgIpc) is 2.48. The molecular weight excluding hydrogens is 269 g/mol. The highest BCUT2D eigenvalue weighted by molar-refractivity contribution is 5.93. The zero-order valence-corrected chi connectivity index (χ0v) is 12.1. The van der Waals surface area contributed by atoms with Gasteiger partial charge in [-0.1, -0.05) is 12.1 Å². The van der Waals surface area contributed by atoms with E-state index < -0.39 is 0 Å². The molecule has 2 rings (SSSR count). The molecular formula is C16H18FN3O. The van der Waals surface area contributed by atoms with Crippen molar-refractivity contribution in [3.63, 3.8) is 0 Å². The molecule has 1 heterocycles. The minimum Gasteiger partial charge on any atom is -0.385 e. The molecule has 0 bridgehead atoms. The second-order valence-corrected chi connectivity index (χ2v) is 4.71. The first-order valence-electron chi connectivity index (χ1n) is 6.86. The van der Waals surface area contributed by atoms with Crippen molar-refractivity contribution in [1.82, 2.24) is 10.3 Å². The lowest BCUT2D eigenvalue weighted by Crippen LogP contribution is -2.27. The quantitative estimate of drug-likeness (QED) is 0.888. The fourth-order valence-corrected chi connectivity index (χ4v) is 2.00. The molecule has 1 unspecified atom stereocenters. The number of amides is 1. The number of benzene rings is 1. The van der Waals surface area contributed by atoms with Gasteiger partial charge in [-0.25, -0.2) is 4.39 Å². The molecule has 0 spiro atoms. The highest BCUT2D eigenvalue weighted by Gasteiger charge is 2.13. The predicted octanol–water partition coefficient (Wildman–Crippen LogP) is 3.14. The van der Waals surface area contributed by atoms with Crippen molar-refractivity contribution in [2.45, 2.75) is 19.9 Å². The summed E-state index contributed by atoms with van der Waals surface area (Å²) >= 11 is 0. The van der Waals surface area contributed by atoms with Crippen LogP contribution in [0.5, 0.6) is 0 Å². The van der Waals surface area contributed by atoms with Crippen LogP contribution in [0, 0.1) is 5.82 Å². The zero-order valence-electron chi connectivity index (χ0n) is 12.1. The number of carbonyl (C=O) groups excluding carboxylic acids is 1. The maximum absolute atomic E-state index is 13.2. The molecule has 2 aromatic rings. The van der Waals surface area contributed by atoms with Crippen molar-refractivity contribution in [3.05, 3.63) is 59.7 Å². The van der Waals surface area contributed by atoms with Crippen LogP contribution in [0.1, 0.15) is 35.9 Å². The Morgan fingerprint density at radius 2 is 2.14 bits per heavy atom. The van der Waals surface area contributed by atoms with Crippen molar-refractivity contribution < 1.29 is 9.18 Å². The fourth-order valence-electron chi connectivity index (χ4n) is 2.00. The van der Waals surface area contributed by atoms with E-state index >= 15 is 0 Å². The molecule has 21 heavy (non-hydrogen) atoms. The van der Waals surface area contributed by atoms with E-state index in [1.54, 1.807) is 37.4 Å². The first-order chi connectivity index (χ1) is 10.1. The van der Waals surface area contributed by atoms with Crippen LogP contribution in [0.2, 0.25) is 0 Å². The third-order valence-corrected chi connectivity index (χ3v) is 3.07. The Kier molecular flexibility index (Phi) is 4.87. The first kappa shape index (κ1) is 15.0. The van der Waals surface area contributed by atoms with Gasteiger partial charge in [0.05, 0.1) is 6.04 Å². The summed E-state index contributed by atoms with van der Waals surface area (Å²) in [4.78, 5) is 16.2. The summed E-state index contributed by atoms with van der Waals surface area (Å²) in [5.41, 5.74) is 1.89. The first-order valence-corrected chi connectivity index (χ1v) is 6.86. The molecule has 0 saturated carbocycles. The number of pyridine rings is 1. The zero-order chi connectivity index (χ0) is 15.2. The molecule has 1 aromatic heterocycles. The number of hydrogen-bond donors (Lipinski definition) is 2. The lowest BCUT2D eigenvalue weighted by molar-refractivity contribution is 0.0935. The van der Waals surface area contributed by atoms with Crippen LogP contribution in [-0.4, -0.2) is 17.4 Å². The van der Waals surface area contributed by atoms with Gasteiger partial charge in [-0.05, 0) is 43.7 Å². The van der Waals surface area contributed by atoms with E-state index in [2.05, 4.69) is 15.6 Å². The number of hydrogen-bond acceptors (Lipinski definition) is 3. The normalized spacial score (nSPS) is 11.8. The molecule has 1 aromatic carbocycles. The molecule has 110 valence electrons. The maximum atomic E-state index is 13.2. The fraction of sp³-hybridized carbons (Fsp3) is 0.250. The van der Waals surface area contributed by atoms with Gasteiger partial charge in [0, 0.05) is 18.4 Å². The lowest BCUT2D eigenvalue weighted by atomic mass is 10.1. The van der Waals surface area contributed by atoms with Crippen molar-refractivity contribution in [2.24, 2.45) is 0 Å². The number of nitrogens with one attached hydrogen (secondary N) is 2. The van der Waals surface area contributed by atoms with Gasteiger partial charge in [-0.15, -0.1) is 0 Å². The van der Waals surface area contributed by atoms with E-state index in [9.17, 15) is 9.18 Å². The molecule has 4 nitrogen and oxygen atoms in total. The lowest BCUT2D eigenvalue weighted by Gasteiger charge is -2.14. The molecule has 2 N–H and O–H groups in total. The van der Waals surface area contributed by atoms with Crippen LogP contribution in [0.3, 0.4) is 0 Å². The molecule has 0 radical (unpaired) electrons. The predicted molar refractivity (Wildman–Crippen MR) is 80.7 cm³/mol. The van der Waals surface area contributed by atoms with Gasteiger partial charge in [0.1, 0.15) is 11.5 Å². The van der Waals surface area contributed by atoms with E-state index in [4.69, 9.17) is 0 Å². The number of aromatic nitrogens is 1. The average molecular weight is 287 g/mol. The van der Waals surface area contributed by atoms with Crippen LogP contribution in [0.15, 0.2) is 42.6 Å². The number of carbonyl (C=O) groups is 1. The molecule has 0 aliphatic carbocycles. The summed E-state index contributed by atoms with van der Waals surface area (Å²) in [6, 6.07) is 9.38. The minimum absolute atomic E-state index is 0.286. The Morgan fingerprint density at radius 1 is 1.33 bits per heavy atom. The van der Waals surface area contributed by atoms with Gasteiger partial charge in [0.25, 0.3) is 5.91 Å². The van der Waals surface area contributed by atoms with Gasteiger partial charge >= 0.3 is 0 Å². The van der Waals surface area contributed by atoms with Gasteiger partial charge in [0.15, 0.2) is 0 Å². The van der Waals surface area contributed by atoms with Crippen molar-refractivity contribution in [2.75, 3.05) is 11.9 Å². The monoisotopic (exact) mass is 287 g/mol. The van der Waals surface area contributed by atoms with E-state index in [1.165, 1.54) is 12.1 Å². The molecule has 1 atom stereocenters. The third-order valence-electron chi connectivity index (χ3n) is 3.07. The molecule has 1 amide bonds. The molecule has 0 fully saturated rings. The summed E-state index contributed by atoms with van der Waals surface area (Å²) < 4.78 is 13.2. The third kappa shape index (κ3) is 4.02. The summed E-state index contributed by atoms with van der Waals surface area (Å²) in [7, 11) is 0. The number of rotatable bonds is 5. The van der Waals surface area contributed by atoms with Gasteiger partial charge in [0.2, 0.25) is 0 Å². The van der Waals surface area contributed by atoms with Gasteiger partial charge < -0.3 is 10.6 Å². The van der Waals surface area contributed by atoms with Crippen LogP contribution in [-0.2, 0) is 0 Å². The Hall–Kier alpha value is -2.43. The minimum atomic E-state index is -0.319. The van der Waals surface area contributed by atoms with Crippen LogP contribution >= 0.6 is 0 Å². The molecule has 5 heteroatoms. The van der Waals surface area contributed by atoms with Crippen molar-refractivity contribution in [3.8, 4) is 0 Å². The van der Waals surface area contributed by atoms with Gasteiger partial charge in [-0.2, -0.15) is 0 Å². The number of halogens is 1. The highest BCUT2D eigenvalue weighted by Crippen LogP contribution is 2.15. The number of anilines is 1. The van der Waals surface area contributed by atoms with Crippen molar-refractivity contribution in [1.29, 1.82) is 0 Å². The Bertz CT molecular complexity index is 630. The standard InChI is InChI=1S/C16H18FN3O/c1-3-18-14-7-8-19-15(10-14)16(21)20-11(2)12-5-4-6-13(17)9-12/h4-11H,3H2,1-2H3,(H,18,19)(H,20,21). The smallest absolute Gasteiger partial charge is 0.270 e. The summed E-state index contributed by atoms with van der Waals surface area (Å²) in [6.07, 6.45) is 1.58. The Morgan fingerprint density at radius 3 is 2.86 bits per heavy atom. The SMILES string of the molecule is CCNc1ccnc(C(=O)NC(C)c2cccc(F)c2)c1. The van der Waals surface area contributed by atoms with Crippen LogP contribution in [0.25, 0.3) is 0 Å². The van der Waals surface area contributed by atoms with E-state index in [1.807, 2.05) is 6.92 Å². The number of nitrogens with zero attached hydrogens (tertiary/aromatic N) is 1. The van der Waals surface area contributed by atoms with Gasteiger partial charge in [-0.3, -0.25) is 9.78 Å². The summed E-state index contributed by atoms with van der Waals surface area (Å²) in [5.74, 6) is -0.604. The van der Waals surface area contributed by atoms with E-state index in [0.717, 1.165) is 12.2 Å². The Balaban J connectivity index is 2.08. The van der Waals surface area contributed by atoms with E-state index in [-0.39, 0.29) is 17.8 Å². The second-order valence-electron chi connectivity index (χ2n) is 4.71. The topological polar surface area (TPSA) is 54.0 Å². The Labute approximate surface area is 123 Å². The highest BCUT2D eigenvalue weighted by atomic mass is 19.1. The van der Waals surface area contributed by atoms with Crippen LogP contribution < -0.4 is 10.6 Å². The summed E-state index contributed by atoms with van der Waals surface area (Å²) in [5, 5.41) is 5.94. The molecule has 0 saturated heterocycles.